The smallest absolute Gasteiger partial charge is 0.322 e. The van der Waals surface area contributed by atoms with Crippen LogP contribution >= 0.6 is 0 Å². The first-order valence-corrected chi connectivity index (χ1v) is 11.4. The summed E-state index contributed by atoms with van der Waals surface area (Å²) >= 11 is 0. The van der Waals surface area contributed by atoms with E-state index in [0.717, 1.165) is 30.4 Å². The number of rotatable bonds is 7. The van der Waals surface area contributed by atoms with Gasteiger partial charge >= 0.3 is 6.03 Å². The van der Waals surface area contributed by atoms with E-state index in [1.807, 2.05) is 36.4 Å². The minimum Gasteiger partial charge on any atom is -0.381 e. The fourth-order valence-corrected chi connectivity index (χ4v) is 5.09. The van der Waals surface area contributed by atoms with Crippen LogP contribution in [-0.4, -0.2) is 45.6 Å². The van der Waals surface area contributed by atoms with E-state index in [9.17, 15) is 9.00 Å². The lowest BCUT2D eigenvalue weighted by molar-refractivity contribution is 0.0992. The van der Waals surface area contributed by atoms with Crippen molar-refractivity contribution >= 4 is 22.5 Å². The third-order valence-electron chi connectivity index (χ3n) is 5.29. The Hall–Kier alpha value is -2.25. The van der Waals surface area contributed by atoms with E-state index in [-0.39, 0.29) is 17.3 Å². The molecule has 1 aliphatic rings. The molecule has 2 unspecified atom stereocenters. The van der Waals surface area contributed by atoms with Gasteiger partial charge in [-0.05, 0) is 54.7 Å². The van der Waals surface area contributed by atoms with Gasteiger partial charge in [0, 0.05) is 60.1 Å². The van der Waals surface area contributed by atoms with Gasteiger partial charge in [-0.3, -0.25) is 9.19 Å². The summed E-state index contributed by atoms with van der Waals surface area (Å²) in [5.74, 6) is 0.499. The first kappa shape index (κ1) is 21.5. The number of aromatic nitrogens is 1. The predicted octanol–water partition coefficient (Wildman–Crippen LogP) is 4.12. The SMILES string of the molecule is CCC(c1ccncc1)N(C)C(=O)Nc1cccc(CS(=O)C2CCOCC2)c1. The number of hydrogen-bond acceptors (Lipinski definition) is 4. The van der Waals surface area contributed by atoms with Crippen LogP contribution in [0.4, 0.5) is 10.5 Å². The molecule has 2 amide bonds. The van der Waals surface area contributed by atoms with Crippen LogP contribution < -0.4 is 5.32 Å². The molecule has 0 saturated carbocycles. The molecule has 1 N–H and O–H groups in total. The van der Waals surface area contributed by atoms with Crippen molar-refractivity contribution in [3.05, 3.63) is 59.9 Å². The molecule has 2 heterocycles. The maximum Gasteiger partial charge on any atom is 0.322 e. The zero-order chi connectivity index (χ0) is 20.6. The number of hydrogen-bond donors (Lipinski definition) is 1. The molecule has 29 heavy (non-hydrogen) atoms. The molecule has 1 aliphatic heterocycles. The summed E-state index contributed by atoms with van der Waals surface area (Å²) in [7, 11) is 0.870. The summed E-state index contributed by atoms with van der Waals surface area (Å²) in [5, 5.41) is 3.17. The van der Waals surface area contributed by atoms with Crippen LogP contribution in [0.2, 0.25) is 0 Å². The van der Waals surface area contributed by atoms with Crippen molar-refractivity contribution in [1.29, 1.82) is 0 Å². The van der Waals surface area contributed by atoms with Crippen LogP contribution in [0, 0.1) is 0 Å². The molecule has 1 aromatic heterocycles. The second-order valence-electron chi connectivity index (χ2n) is 7.28. The van der Waals surface area contributed by atoms with Crippen molar-refractivity contribution in [2.75, 3.05) is 25.6 Å². The highest BCUT2D eigenvalue weighted by Crippen LogP contribution is 2.24. The molecule has 2 aromatic rings. The fraction of sp³-hybridized carbons (Fsp3) is 0.455. The highest BCUT2D eigenvalue weighted by atomic mass is 32.2. The van der Waals surface area contributed by atoms with Gasteiger partial charge in [0.1, 0.15) is 0 Å². The molecule has 3 rings (SSSR count). The predicted molar refractivity (Wildman–Crippen MR) is 116 cm³/mol. The summed E-state index contributed by atoms with van der Waals surface area (Å²) in [6, 6.07) is 11.3. The largest absolute Gasteiger partial charge is 0.381 e. The zero-order valence-corrected chi connectivity index (χ0v) is 17.9. The number of carbonyl (C=O) groups excluding carboxylic acids is 1. The van der Waals surface area contributed by atoms with Crippen LogP contribution in [0.25, 0.3) is 0 Å². The van der Waals surface area contributed by atoms with Crippen molar-refractivity contribution < 1.29 is 13.7 Å². The van der Waals surface area contributed by atoms with Crippen LogP contribution in [0.5, 0.6) is 0 Å². The Morgan fingerprint density at radius 3 is 2.69 bits per heavy atom. The highest BCUT2D eigenvalue weighted by Gasteiger charge is 2.22. The van der Waals surface area contributed by atoms with Crippen molar-refractivity contribution in [3.8, 4) is 0 Å². The van der Waals surface area contributed by atoms with E-state index in [4.69, 9.17) is 4.74 Å². The third kappa shape index (κ3) is 5.87. The number of nitrogens with zero attached hydrogens (tertiary/aromatic N) is 2. The van der Waals surface area contributed by atoms with Gasteiger partial charge in [0.25, 0.3) is 0 Å². The van der Waals surface area contributed by atoms with E-state index < -0.39 is 10.8 Å². The van der Waals surface area contributed by atoms with Gasteiger partial charge in [-0.15, -0.1) is 0 Å². The number of benzene rings is 1. The van der Waals surface area contributed by atoms with Gasteiger partial charge in [0.2, 0.25) is 0 Å². The van der Waals surface area contributed by atoms with Gasteiger partial charge in [-0.25, -0.2) is 4.79 Å². The minimum atomic E-state index is -0.930. The third-order valence-corrected chi connectivity index (χ3v) is 7.13. The van der Waals surface area contributed by atoms with Crippen molar-refractivity contribution in [1.82, 2.24) is 9.88 Å². The quantitative estimate of drug-likeness (QED) is 0.738. The monoisotopic (exact) mass is 415 g/mol. The molecule has 0 bridgehead atoms. The maximum atomic E-state index is 12.8. The summed E-state index contributed by atoms with van der Waals surface area (Å²) in [4.78, 5) is 18.6. The fourth-order valence-electron chi connectivity index (χ4n) is 3.63. The summed E-state index contributed by atoms with van der Waals surface area (Å²) in [6.07, 6.45) is 5.98. The lowest BCUT2D eigenvalue weighted by Crippen LogP contribution is -2.34. The number of anilines is 1. The van der Waals surface area contributed by atoms with Gasteiger partial charge < -0.3 is 15.0 Å². The number of amides is 2. The standard InChI is InChI=1S/C22H29N3O3S/c1-3-21(18-7-11-23-12-8-18)25(2)22(26)24-19-6-4-5-17(15-19)16-29(27)20-9-13-28-14-10-20/h4-8,11-12,15,20-21H,3,9-10,13-14,16H2,1-2H3,(H,24,26). The van der Waals surface area contributed by atoms with E-state index in [1.165, 1.54) is 0 Å². The Morgan fingerprint density at radius 2 is 2.00 bits per heavy atom. The Morgan fingerprint density at radius 1 is 1.28 bits per heavy atom. The lowest BCUT2D eigenvalue weighted by atomic mass is 10.1. The molecule has 2 atom stereocenters. The second kappa shape index (κ2) is 10.5. The maximum absolute atomic E-state index is 12.8. The zero-order valence-electron chi connectivity index (χ0n) is 17.0. The van der Waals surface area contributed by atoms with Gasteiger partial charge in [-0.2, -0.15) is 0 Å². The number of carbonyl (C=O) groups is 1. The van der Waals surface area contributed by atoms with E-state index in [1.54, 1.807) is 24.3 Å². The lowest BCUT2D eigenvalue weighted by Gasteiger charge is -2.28. The summed E-state index contributed by atoms with van der Waals surface area (Å²) in [6.45, 7) is 3.44. The molecule has 6 nitrogen and oxygen atoms in total. The normalized spacial score (nSPS) is 16.8. The summed E-state index contributed by atoms with van der Waals surface area (Å²) < 4.78 is 18.0. The highest BCUT2D eigenvalue weighted by molar-refractivity contribution is 7.84. The second-order valence-corrected chi connectivity index (χ2v) is 9.00. The van der Waals surface area contributed by atoms with E-state index in [0.29, 0.717) is 24.7 Å². The molecule has 1 aromatic carbocycles. The van der Waals surface area contributed by atoms with Crippen LogP contribution in [-0.2, 0) is 21.3 Å². The number of urea groups is 1. The van der Waals surface area contributed by atoms with Gasteiger partial charge in [0.05, 0.1) is 6.04 Å². The summed E-state index contributed by atoms with van der Waals surface area (Å²) in [5.41, 5.74) is 2.74. The Bertz CT molecular complexity index is 825. The Balaban J connectivity index is 1.62. The Labute approximate surface area is 175 Å². The molecular weight excluding hydrogens is 386 g/mol. The van der Waals surface area contributed by atoms with Crippen LogP contribution in [0.15, 0.2) is 48.8 Å². The molecular formula is C22H29N3O3S. The molecule has 0 aliphatic carbocycles. The first-order valence-electron chi connectivity index (χ1n) is 10.1. The average Bonchev–Trinajstić information content (AvgIpc) is 2.76. The molecule has 0 radical (unpaired) electrons. The van der Waals surface area contributed by atoms with E-state index >= 15 is 0 Å². The van der Waals surface area contributed by atoms with E-state index in [2.05, 4.69) is 17.2 Å². The Kier molecular flexibility index (Phi) is 7.77. The minimum absolute atomic E-state index is 0.0257. The van der Waals surface area contributed by atoms with Crippen LogP contribution in [0.1, 0.15) is 43.4 Å². The topological polar surface area (TPSA) is 71.5 Å². The van der Waals surface area contributed by atoms with Crippen molar-refractivity contribution in [3.63, 3.8) is 0 Å². The van der Waals surface area contributed by atoms with Crippen LogP contribution in [0.3, 0.4) is 0 Å². The number of pyridine rings is 1. The average molecular weight is 416 g/mol. The number of nitrogens with one attached hydrogen (secondary N) is 1. The molecule has 1 saturated heterocycles. The molecule has 1 fully saturated rings. The first-order chi connectivity index (χ1) is 14.1. The molecule has 156 valence electrons. The van der Waals surface area contributed by atoms with Gasteiger partial charge in [-0.1, -0.05) is 19.1 Å². The molecule has 0 spiro atoms. The van der Waals surface area contributed by atoms with Crippen molar-refractivity contribution in [2.24, 2.45) is 0 Å². The molecule has 7 heteroatoms. The number of ether oxygens (including phenoxy) is 1. The van der Waals surface area contributed by atoms with Crippen molar-refractivity contribution in [2.45, 2.75) is 43.2 Å². The van der Waals surface area contributed by atoms with Gasteiger partial charge in [0.15, 0.2) is 0 Å².